The van der Waals surface area contributed by atoms with Gasteiger partial charge in [0.05, 0.1) is 6.61 Å². The quantitative estimate of drug-likeness (QED) is 0.792. The molecule has 0 unspecified atom stereocenters. The van der Waals surface area contributed by atoms with Crippen LogP contribution in [0, 0.1) is 5.41 Å². The van der Waals surface area contributed by atoms with Crippen LogP contribution >= 0.6 is 0 Å². The second-order valence-electron chi connectivity index (χ2n) is 5.81. The van der Waals surface area contributed by atoms with Gasteiger partial charge in [-0.15, -0.1) is 0 Å². The van der Waals surface area contributed by atoms with Crippen LogP contribution in [0.1, 0.15) is 65.7 Å². The molecule has 1 rings (SSSR count). The number of carbonyl (C=O) groups excluding carboxylic acids is 1. The molecule has 18 heavy (non-hydrogen) atoms. The Hall–Kier alpha value is -0.570. The predicted octanol–water partition coefficient (Wildman–Crippen LogP) is 2.97. The Labute approximate surface area is 112 Å². The van der Waals surface area contributed by atoms with E-state index in [1.165, 1.54) is 6.42 Å². The van der Waals surface area contributed by atoms with E-state index in [0.717, 1.165) is 38.5 Å². The van der Waals surface area contributed by atoms with Gasteiger partial charge in [0, 0.05) is 18.0 Å². The summed E-state index contributed by atoms with van der Waals surface area (Å²) in [5.74, 6) is 0.268. The number of hydrogen-bond acceptors (Lipinski definition) is 2. The fourth-order valence-corrected chi connectivity index (χ4v) is 3.18. The molecule has 0 aromatic carbocycles. The average molecular weight is 255 g/mol. The average Bonchev–Trinajstić information content (AvgIpc) is 2.39. The lowest BCUT2D eigenvalue weighted by molar-refractivity contribution is -0.146. The van der Waals surface area contributed by atoms with Gasteiger partial charge in [-0.2, -0.15) is 0 Å². The highest BCUT2D eigenvalue weighted by atomic mass is 16.3. The van der Waals surface area contributed by atoms with Crippen LogP contribution in [0.15, 0.2) is 0 Å². The maximum absolute atomic E-state index is 12.8. The zero-order chi connectivity index (χ0) is 13.6. The molecule has 1 saturated carbocycles. The molecule has 0 heterocycles. The molecule has 0 atom stereocenters. The second kappa shape index (κ2) is 7.13. The minimum absolute atomic E-state index is 0.0678. The monoisotopic (exact) mass is 255 g/mol. The molecule has 3 heteroatoms. The minimum Gasteiger partial charge on any atom is -0.395 e. The summed E-state index contributed by atoms with van der Waals surface area (Å²) in [6, 6.07) is 0.281. The molecular formula is C15H29NO2. The highest BCUT2D eigenvalue weighted by molar-refractivity contribution is 5.82. The van der Waals surface area contributed by atoms with Gasteiger partial charge in [-0.05, 0) is 25.7 Å². The lowest BCUT2D eigenvalue weighted by Gasteiger charge is -2.40. The van der Waals surface area contributed by atoms with Crippen molar-refractivity contribution in [2.24, 2.45) is 5.41 Å². The van der Waals surface area contributed by atoms with E-state index < -0.39 is 0 Å². The number of hydrogen-bond donors (Lipinski definition) is 1. The van der Waals surface area contributed by atoms with Crippen LogP contribution in [-0.4, -0.2) is 35.1 Å². The van der Waals surface area contributed by atoms with Gasteiger partial charge in [-0.25, -0.2) is 0 Å². The molecular weight excluding hydrogens is 226 g/mol. The zero-order valence-corrected chi connectivity index (χ0v) is 12.2. The van der Waals surface area contributed by atoms with Crippen molar-refractivity contribution in [1.29, 1.82) is 0 Å². The lowest BCUT2D eigenvalue weighted by atomic mass is 9.74. The Balaban J connectivity index is 2.80. The van der Waals surface area contributed by atoms with Gasteiger partial charge in [-0.3, -0.25) is 4.79 Å². The van der Waals surface area contributed by atoms with Gasteiger partial charge in [-0.1, -0.05) is 40.0 Å². The summed E-state index contributed by atoms with van der Waals surface area (Å²) in [5.41, 5.74) is -0.185. The topological polar surface area (TPSA) is 40.5 Å². The van der Waals surface area contributed by atoms with Gasteiger partial charge in [0.15, 0.2) is 0 Å². The maximum Gasteiger partial charge on any atom is 0.228 e. The predicted molar refractivity (Wildman–Crippen MR) is 74.4 cm³/mol. The lowest BCUT2D eigenvalue weighted by Crippen LogP contribution is -2.49. The van der Waals surface area contributed by atoms with Crippen molar-refractivity contribution in [2.75, 3.05) is 13.2 Å². The molecule has 1 aliphatic carbocycles. The van der Waals surface area contributed by atoms with Crippen molar-refractivity contribution in [3.05, 3.63) is 0 Å². The van der Waals surface area contributed by atoms with Crippen LogP contribution in [0.5, 0.6) is 0 Å². The third kappa shape index (κ3) is 3.47. The van der Waals surface area contributed by atoms with Crippen molar-refractivity contribution in [1.82, 2.24) is 4.90 Å². The molecule has 0 aromatic rings. The first-order chi connectivity index (χ1) is 8.59. The summed E-state index contributed by atoms with van der Waals surface area (Å²) < 4.78 is 0. The van der Waals surface area contributed by atoms with Crippen molar-refractivity contribution in [3.63, 3.8) is 0 Å². The summed E-state index contributed by atoms with van der Waals surface area (Å²) in [5, 5.41) is 9.21. The number of aliphatic hydroxyl groups excluding tert-OH is 1. The summed E-state index contributed by atoms with van der Waals surface area (Å²) in [6.45, 7) is 6.91. The molecule has 106 valence electrons. The van der Waals surface area contributed by atoms with Crippen molar-refractivity contribution in [2.45, 2.75) is 71.8 Å². The largest absolute Gasteiger partial charge is 0.395 e. The molecule has 0 saturated heterocycles. The number of nitrogens with zero attached hydrogens (tertiary/aromatic N) is 1. The van der Waals surface area contributed by atoms with Crippen molar-refractivity contribution < 1.29 is 9.90 Å². The summed E-state index contributed by atoms with van der Waals surface area (Å²) in [4.78, 5) is 14.7. The van der Waals surface area contributed by atoms with Gasteiger partial charge in [0.2, 0.25) is 5.91 Å². The number of amides is 1. The molecule has 1 amide bonds. The van der Waals surface area contributed by atoms with E-state index in [0.29, 0.717) is 6.54 Å². The molecule has 1 aliphatic rings. The van der Waals surface area contributed by atoms with Gasteiger partial charge >= 0.3 is 0 Å². The molecule has 0 radical (unpaired) electrons. The minimum atomic E-state index is -0.185. The number of carbonyl (C=O) groups is 1. The van der Waals surface area contributed by atoms with Gasteiger partial charge in [0.25, 0.3) is 0 Å². The fourth-order valence-electron chi connectivity index (χ4n) is 3.18. The molecule has 0 aromatic heterocycles. The fraction of sp³-hybridized carbons (Fsp3) is 0.933. The highest BCUT2D eigenvalue weighted by Gasteiger charge is 2.38. The Morgan fingerprint density at radius 3 is 2.22 bits per heavy atom. The number of rotatable bonds is 6. The van der Waals surface area contributed by atoms with E-state index in [1.807, 2.05) is 4.90 Å². The van der Waals surface area contributed by atoms with Crippen LogP contribution in [0.4, 0.5) is 0 Å². The van der Waals surface area contributed by atoms with Crippen LogP contribution in [0.2, 0.25) is 0 Å². The van der Waals surface area contributed by atoms with E-state index in [2.05, 4.69) is 20.8 Å². The van der Waals surface area contributed by atoms with E-state index in [4.69, 9.17) is 0 Å². The zero-order valence-electron chi connectivity index (χ0n) is 12.2. The second-order valence-corrected chi connectivity index (χ2v) is 5.81. The molecule has 0 spiro atoms. The van der Waals surface area contributed by atoms with Gasteiger partial charge in [0.1, 0.15) is 0 Å². The Bertz CT molecular complexity index is 255. The standard InChI is InChI=1S/C15H29NO2/c1-4-13(5-2)16(11-12-17)14(18)15(3)9-7-6-8-10-15/h13,17H,4-12H2,1-3H3. The Morgan fingerprint density at radius 2 is 1.78 bits per heavy atom. The summed E-state index contributed by atoms with van der Waals surface area (Å²) >= 11 is 0. The van der Waals surface area contributed by atoms with E-state index in [-0.39, 0.29) is 24.0 Å². The molecule has 0 bridgehead atoms. The Morgan fingerprint density at radius 1 is 1.22 bits per heavy atom. The molecule has 0 aliphatic heterocycles. The van der Waals surface area contributed by atoms with Gasteiger partial charge < -0.3 is 10.0 Å². The smallest absolute Gasteiger partial charge is 0.228 e. The van der Waals surface area contributed by atoms with E-state index in [9.17, 15) is 9.90 Å². The SMILES string of the molecule is CCC(CC)N(CCO)C(=O)C1(C)CCCCC1. The normalized spacial score (nSPS) is 18.9. The highest BCUT2D eigenvalue weighted by Crippen LogP contribution is 2.38. The van der Waals surface area contributed by atoms with Crippen LogP contribution in [0.25, 0.3) is 0 Å². The Kier molecular flexibility index (Phi) is 6.13. The number of aliphatic hydroxyl groups is 1. The van der Waals surface area contributed by atoms with E-state index in [1.54, 1.807) is 0 Å². The molecule has 3 nitrogen and oxygen atoms in total. The third-order valence-electron chi connectivity index (χ3n) is 4.46. The first-order valence-corrected chi connectivity index (χ1v) is 7.51. The van der Waals surface area contributed by atoms with Crippen LogP contribution in [0.3, 0.4) is 0 Å². The van der Waals surface area contributed by atoms with Crippen molar-refractivity contribution in [3.8, 4) is 0 Å². The van der Waals surface area contributed by atoms with Crippen molar-refractivity contribution >= 4 is 5.91 Å². The summed E-state index contributed by atoms with van der Waals surface area (Å²) in [7, 11) is 0. The third-order valence-corrected chi connectivity index (χ3v) is 4.46. The maximum atomic E-state index is 12.8. The summed E-state index contributed by atoms with van der Waals surface area (Å²) in [6.07, 6.45) is 7.54. The van der Waals surface area contributed by atoms with Crippen LogP contribution < -0.4 is 0 Å². The molecule has 1 fully saturated rings. The molecule has 1 N–H and O–H groups in total. The first kappa shape index (κ1) is 15.5. The van der Waals surface area contributed by atoms with Crippen LogP contribution in [-0.2, 0) is 4.79 Å². The first-order valence-electron chi connectivity index (χ1n) is 7.51. The van der Waals surface area contributed by atoms with E-state index >= 15 is 0 Å².